The van der Waals surface area contributed by atoms with Crippen LogP contribution in [0.3, 0.4) is 0 Å². The van der Waals surface area contributed by atoms with Gasteiger partial charge in [-0.3, -0.25) is 4.98 Å². The molecule has 16 heavy (non-hydrogen) atoms. The molecule has 0 saturated carbocycles. The third-order valence-corrected chi connectivity index (χ3v) is 3.66. The van der Waals surface area contributed by atoms with Gasteiger partial charge in [0.15, 0.2) is 0 Å². The van der Waals surface area contributed by atoms with E-state index in [-0.39, 0.29) is 6.04 Å². The molecule has 2 aromatic heterocycles. The highest BCUT2D eigenvalue weighted by atomic mass is 32.1. The minimum absolute atomic E-state index is 0.0235. The summed E-state index contributed by atoms with van der Waals surface area (Å²) in [7, 11) is 0. The minimum Gasteiger partial charge on any atom is -0.323 e. The number of thiazole rings is 1. The zero-order valence-electron chi connectivity index (χ0n) is 9.47. The molecule has 0 spiro atoms. The Kier molecular flexibility index (Phi) is 3.31. The van der Waals surface area contributed by atoms with Gasteiger partial charge in [-0.2, -0.15) is 0 Å². The first-order chi connectivity index (χ1) is 7.66. The number of nitrogens with two attached hydrogens (primary N) is 1. The van der Waals surface area contributed by atoms with Crippen molar-refractivity contribution in [1.29, 1.82) is 0 Å². The van der Waals surface area contributed by atoms with Gasteiger partial charge in [0, 0.05) is 23.3 Å². The van der Waals surface area contributed by atoms with Crippen molar-refractivity contribution in [1.82, 2.24) is 9.97 Å². The fourth-order valence-electron chi connectivity index (χ4n) is 1.76. The summed E-state index contributed by atoms with van der Waals surface area (Å²) in [6.07, 6.45) is 4.45. The second-order valence-electron chi connectivity index (χ2n) is 3.85. The van der Waals surface area contributed by atoms with E-state index in [4.69, 9.17) is 5.73 Å². The molecule has 4 heteroatoms. The Balaban J connectivity index is 2.14. The normalized spacial score (nSPS) is 12.7. The Morgan fingerprint density at radius 3 is 2.81 bits per heavy atom. The van der Waals surface area contributed by atoms with Gasteiger partial charge in [-0.15, -0.1) is 11.3 Å². The molecule has 0 aliphatic rings. The number of hydrogen-bond acceptors (Lipinski definition) is 4. The first-order valence-corrected chi connectivity index (χ1v) is 6.07. The Labute approximate surface area is 99.4 Å². The standard InChI is InChI=1S/C12H15N3S/c1-8-12(16-9(2)15-8)11(13)6-10-4-3-5-14-7-10/h3-5,7,11H,6,13H2,1-2H3. The molecule has 0 saturated heterocycles. The molecule has 0 aliphatic carbocycles. The molecule has 2 aromatic rings. The molecule has 1 atom stereocenters. The van der Waals surface area contributed by atoms with Crippen LogP contribution in [-0.4, -0.2) is 9.97 Å². The Hall–Kier alpha value is -1.26. The van der Waals surface area contributed by atoms with Crippen molar-refractivity contribution in [2.45, 2.75) is 26.3 Å². The predicted molar refractivity (Wildman–Crippen MR) is 66.5 cm³/mol. The molecule has 0 aromatic carbocycles. The molecule has 0 fully saturated rings. The third kappa shape index (κ3) is 2.46. The first kappa shape index (κ1) is 11.2. The fourth-order valence-corrected chi connectivity index (χ4v) is 2.69. The van der Waals surface area contributed by atoms with E-state index in [1.165, 1.54) is 10.4 Å². The van der Waals surface area contributed by atoms with Crippen molar-refractivity contribution in [2.24, 2.45) is 5.73 Å². The maximum absolute atomic E-state index is 6.18. The second-order valence-corrected chi connectivity index (χ2v) is 5.09. The lowest BCUT2D eigenvalue weighted by Gasteiger charge is -2.09. The summed E-state index contributed by atoms with van der Waals surface area (Å²) < 4.78 is 0. The van der Waals surface area contributed by atoms with E-state index in [9.17, 15) is 0 Å². The number of nitrogens with zero attached hydrogens (tertiary/aromatic N) is 2. The zero-order chi connectivity index (χ0) is 11.5. The smallest absolute Gasteiger partial charge is 0.0900 e. The Morgan fingerprint density at radius 1 is 1.44 bits per heavy atom. The van der Waals surface area contributed by atoms with Crippen molar-refractivity contribution in [3.05, 3.63) is 45.7 Å². The average molecular weight is 233 g/mol. The van der Waals surface area contributed by atoms with E-state index in [2.05, 4.69) is 16.0 Å². The van der Waals surface area contributed by atoms with Crippen molar-refractivity contribution in [3.63, 3.8) is 0 Å². The topological polar surface area (TPSA) is 51.8 Å². The van der Waals surface area contributed by atoms with Crippen LogP contribution in [0.2, 0.25) is 0 Å². The number of aromatic nitrogens is 2. The summed E-state index contributed by atoms with van der Waals surface area (Å²) >= 11 is 1.69. The number of pyridine rings is 1. The van der Waals surface area contributed by atoms with E-state index in [1.54, 1.807) is 17.5 Å². The van der Waals surface area contributed by atoms with Gasteiger partial charge in [0.1, 0.15) is 0 Å². The zero-order valence-corrected chi connectivity index (χ0v) is 10.3. The van der Waals surface area contributed by atoms with Crippen LogP contribution in [0.25, 0.3) is 0 Å². The van der Waals surface area contributed by atoms with Crippen LogP contribution in [0, 0.1) is 13.8 Å². The van der Waals surface area contributed by atoms with E-state index in [1.807, 2.05) is 26.1 Å². The lowest BCUT2D eigenvalue weighted by atomic mass is 10.1. The summed E-state index contributed by atoms with van der Waals surface area (Å²) in [5.74, 6) is 0. The molecule has 84 valence electrons. The van der Waals surface area contributed by atoms with Gasteiger partial charge >= 0.3 is 0 Å². The molecular formula is C12H15N3S. The number of rotatable bonds is 3. The summed E-state index contributed by atoms with van der Waals surface area (Å²) in [4.78, 5) is 9.67. The predicted octanol–water partition coefficient (Wildman–Crippen LogP) is 2.40. The molecule has 0 bridgehead atoms. The van der Waals surface area contributed by atoms with Crippen LogP contribution in [0.1, 0.15) is 27.2 Å². The quantitative estimate of drug-likeness (QED) is 0.885. The summed E-state index contributed by atoms with van der Waals surface area (Å²) in [5, 5.41) is 1.08. The van der Waals surface area contributed by atoms with Gasteiger partial charge in [-0.05, 0) is 31.9 Å². The van der Waals surface area contributed by atoms with Crippen molar-refractivity contribution in [3.8, 4) is 0 Å². The van der Waals surface area contributed by atoms with Gasteiger partial charge in [0.05, 0.1) is 10.7 Å². The fraction of sp³-hybridized carbons (Fsp3) is 0.333. The summed E-state index contributed by atoms with van der Waals surface area (Å²) in [6, 6.07) is 4.01. The molecule has 2 rings (SSSR count). The lowest BCUT2D eigenvalue weighted by molar-refractivity contribution is 0.726. The van der Waals surface area contributed by atoms with Gasteiger partial charge in [-0.1, -0.05) is 6.07 Å². The third-order valence-electron chi connectivity index (χ3n) is 2.45. The maximum Gasteiger partial charge on any atom is 0.0900 e. The highest BCUT2D eigenvalue weighted by Crippen LogP contribution is 2.25. The van der Waals surface area contributed by atoms with E-state index in [0.717, 1.165) is 17.1 Å². The molecule has 1 unspecified atom stereocenters. The minimum atomic E-state index is 0.0235. The van der Waals surface area contributed by atoms with E-state index in [0.29, 0.717) is 0 Å². The largest absolute Gasteiger partial charge is 0.323 e. The highest BCUT2D eigenvalue weighted by molar-refractivity contribution is 7.11. The number of hydrogen-bond donors (Lipinski definition) is 1. The molecule has 3 nitrogen and oxygen atoms in total. The van der Waals surface area contributed by atoms with Gasteiger partial charge in [-0.25, -0.2) is 4.98 Å². The van der Waals surface area contributed by atoms with Gasteiger partial charge in [0.2, 0.25) is 0 Å². The summed E-state index contributed by atoms with van der Waals surface area (Å²) in [6.45, 7) is 4.03. The van der Waals surface area contributed by atoms with Gasteiger partial charge < -0.3 is 5.73 Å². The molecule has 0 amide bonds. The molecule has 0 radical (unpaired) electrons. The second kappa shape index (κ2) is 4.72. The van der Waals surface area contributed by atoms with E-state index < -0.39 is 0 Å². The first-order valence-electron chi connectivity index (χ1n) is 5.25. The van der Waals surface area contributed by atoms with Crippen molar-refractivity contribution < 1.29 is 0 Å². The van der Waals surface area contributed by atoms with E-state index >= 15 is 0 Å². The molecule has 0 aliphatic heterocycles. The van der Waals surface area contributed by atoms with Crippen molar-refractivity contribution in [2.75, 3.05) is 0 Å². The van der Waals surface area contributed by atoms with Crippen LogP contribution in [0.15, 0.2) is 24.5 Å². The molecule has 2 N–H and O–H groups in total. The van der Waals surface area contributed by atoms with Crippen LogP contribution in [0.4, 0.5) is 0 Å². The molecular weight excluding hydrogens is 218 g/mol. The van der Waals surface area contributed by atoms with Gasteiger partial charge in [0.25, 0.3) is 0 Å². The average Bonchev–Trinajstić information content (AvgIpc) is 2.59. The summed E-state index contributed by atoms with van der Waals surface area (Å²) in [5.41, 5.74) is 8.41. The van der Waals surface area contributed by atoms with Crippen LogP contribution in [-0.2, 0) is 6.42 Å². The maximum atomic E-state index is 6.18. The highest BCUT2D eigenvalue weighted by Gasteiger charge is 2.13. The molecule has 2 heterocycles. The van der Waals surface area contributed by atoms with Crippen LogP contribution in [0.5, 0.6) is 0 Å². The SMILES string of the molecule is Cc1nc(C)c(C(N)Cc2cccnc2)s1. The monoisotopic (exact) mass is 233 g/mol. The Morgan fingerprint density at radius 2 is 2.25 bits per heavy atom. The van der Waals surface area contributed by atoms with Crippen LogP contribution < -0.4 is 5.73 Å². The van der Waals surface area contributed by atoms with Crippen LogP contribution >= 0.6 is 11.3 Å². The lowest BCUT2D eigenvalue weighted by Crippen LogP contribution is -2.13. The number of aryl methyl sites for hydroxylation is 2. The van der Waals surface area contributed by atoms with Crippen molar-refractivity contribution >= 4 is 11.3 Å². The Bertz CT molecular complexity index is 464.